The first-order valence-electron chi connectivity index (χ1n) is 5.23. The highest BCUT2D eigenvalue weighted by Crippen LogP contribution is 2.32. The molecule has 6 nitrogen and oxygen atoms in total. The van der Waals surface area contributed by atoms with Crippen molar-refractivity contribution in [3.8, 4) is 6.01 Å². The van der Waals surface area contributed by atoms with E-state index in [1.54, 1.807) is 0 Å². The lowest BCUT2D eigenvalue weighted by Gasteiger charge is -2.11. The second-order valence-corrected chi connectivity index (χ2v) is 4.31. The molecule has 2 rings (SSSR count). The molecule has 0 aromatic carbocycles. The van der Waals surface area contributed by atoms with Gasteiger partial charge in [0.25, 0.3) is 5.91 Å². The maximum atomic E-state index is 13.5. The van der Waals surface area contributed by atoms with Crippen LogP contribution in [0.3, 0.4) is 0 Å². The molecule has 0 bridgehead atoms. The summed E-state index contributed by atoms with van der Waals surface area (Å²) in [5.74, 6) is -2.86. The fraction of sp³-hybridized carbons (Fsp3) is 0.200. The molecule has 0 aliphatic rings. The van der Waals surface area contributed by atoms with Gasteiger partial charge in [-0.15, -0.1) is 4.37 Å². The van der Waals surface area contributed by atoms with Gasteiger partial charge in [0.05, 0.1) is 12.7 Å². The number of nitrogens with one attached hydrogen (secondary N) is 1. The monoisotopic (exact) mass is 322 g/mol. The van der Waals surface area contributed by atoms with E-state index in [2.05, 4.69) is 19.1 Å². The van der Waals surface area contributed by atoms with Crippen LogP contribution in [0.4, 0.5) is 22.7 Å². The second-order valence-electron chi connectivity index (χ2n) is 3.56. The van der Waals surface area contributed by atoms with Crippen molar-refractivity contribution in [2.24, 2.45) is 0 Å². The van der Waals surface area contributed by atoms with Gasteiger partial charge in [0.15, 0.2) is 0 Å². The SMILES string of the molecule is COc1nsc(NC(=O)c2c(C(F)(F)F)ccnc2F)n1. The molecule has 0 unspecified atom stereocenters. The van der Waals surface area contributed by atoms with E-state index in [-0.39, 0.29) is 11.1 Å². The van der Waals surface area contributed by atoms with Crippen LogP contribution in [0.15, 0.2) is 12.3 Å². The standard InChI is InChI=1S/C10H6F4N4O2S/c1-20-8-17-9(21-18-8)16-7(19)5-4(10(12,13)14)2-3-15-6(5)11/h2-3H,1H3,(H,16,17,18,19). The molecule has 2 heterocycles. The lowest BCUT2D eigenvalue weighted by Crippen LogP contribution is -2.21. The number of pyridine rings is 1. The largest absolute Gasteiger partial charge is 0.466 e. The quantitative estimate of drug-likeness (QED) is 0.693. The lowest BCUT2D eigenvalue weighted by molar-refractivity contribution is -0.138. The molecule has 0 fully saturated rings. The Labute approximate surface area is 119 Å². The Hall–Kier alpha value is -2.30. The molecule has 0 radical (unpaired) electrons. The Balaban J connectivity index is 2.35. The minimum Gasteiger partial charge on any atom is -0.466 e. The molecule has 1 N–H and O–H groups in total. The van der Waals surface area contributed by atoms with Gasteiger partial charge in [-0.1, -0.05) is 0 Å². The summed E-state index contributed by atoms with van der Waals surface area (Å²) in [5.41, 5.74) is -2.64. The van der Waals surface area contributed by atoms with Crippen LogP contribution in [0.25, 0.3) is 0 Å². The molecule has 0 aliphatic heterocycles. The second kappa shape index (κ2) is 5.60. The van der Waals surface area contributed by atoms with Gasteiger partial charge in [-0.05, 0) is 6.07 Å². The van der Waals surface area contributed by atoms with Gasteiger partial charge < -0.3 is 4.74 Å². The summed E-state index contributed by atoms with van der Waals surface area (Å²) in [4.78, 5) is 18.5. The van der Waals surface area contributed by atoms with Crippen molar-refractivity contribution in [3.63, 3.8) is 0 Å². The predicted octanol–water partition coefficient (Wildman–Crippen LogP) is 2.35. The van der Waals surface area contributed by atoms with Gasteiger partial charge in [0.2, 0.25) is 11.1 Å². The number of alkyl halides is 3. The zero-order chi connectivity index (χ0) is 15.6. The number of anilines is 1. The molecule has 0 aliphatic carbocycles. The zero-order valence-electron chi connectivity index (χ0n) is 10.2. The molecule has 0 saturated carbocycles. The third-order valence-electron chi connectivity index (χ3n) is 2.25. The van der Waals surface area contributed by atoms with E-state index < -0.39 is 29.2 Å². The number of carbonyl (C=O) groups is 1. The number of methoxy groups -OCH3 is 1. The zero-order valence-corrected chi connectivity index (χ0v) is 11.0. The molecule has 0 spiro atoms. The summed E-state index contributed by atoms with van der Waals surface area (Å²) in [6.45, 7) is 0. The minimum absolute atomic E-state index is 0.0713. The first-order chi connectivity index (χ1) is 9.82. The van der Waals surface area contributed by atoms with Gasteiger partial charge >= 0.3 is 12.2 Å². The van der Waals surface area contributed by atoms with E-state index in [0.29, 0.717) is 23.8 Å². The van der Waals surface area contributed by atoms with Gasteiger partial charge in [0.1, 0.15) is 5.56 Å². The van der Waals surface area contributed by atoms with E-state index in [1.165, 1.54) is 7.11 Å². The molecule has 1 amide bonds. The Bertz CT molecular complexity index is 673. The maximum Gasteiger partial charge on any atom is 0.417 e. The van der Waals surface area contributed by atoms with Crippen LogP contribution in [0, 0.1) is 5.95 Å². The molecule has 0 saturated heterocycles. The summed E-state index contributed by atoms with van der Waals surface area (Å²) in [6, 6.07) is 0.441. The van der Waals surface area contributed by atoms with E-state index in [9.17, 15) is 22.4 Å². The van der Waals surface area contributed by atoms with E-state index in [1.807, 2.05) is 5.32 Å². The molecule has 0 atom stereocenters. The molecule has 2 aromatic rings. The number of halogens is 4. The number of amides is 1. The van der Waals surface area contributed by atoms with E-state index in [4.69, 9.17) is 0 Å². The molecule has 112 valence electrons. The van der Waals surface area contributed by atoms with Crippen molar-refractivity contribution in [2.45, 2.75) is 6.18 Å². The number of rotatable bonds is 3. The van der Waals surface area contributed by atoms with Crippen LogP contribution < -0.4 is 10.1 Å². The fourth-order valence-electron chi connectivity index (χ4n) is 1.39. The van der Waals surface area contributed by atoms with E-state index >= 15 is 0 Å². The molecule has 11 heteroatoms. The first kappa shape index (κ1) is 15.1. The van der Waals surface area contributed by atoms with Gasteiger partial charge in [-0.3, -0.25) is 10.1 Å². The molecular formula is C10H6F4N4O2S. The average molecular weight is 322 g/mol. The number of ether oxygens (including phenoxy) is 1. The van der Waals surface area contributed by atoms with Crippen molar-refractivity contribution < 1.29 is 27.1 Å². The Morgan fingerprint density at radius 1 is 1.43 bits per heavy atom. The van der Waals surface area contributed by atoms with Crippen LogP contribution in [0.2, 0.25) is 0 Å². The van der Waals surface area contributed by atoms with Crippen molar-refractivity contribution in [1.82, 2.24) is 14.3 Å². The third kappa shape index (κ3) is 3.24. The Morgan fingerprint density at radius 2 is 2.14 bits per heavy atom. The highest BCUT2D eigenvalue weighted by atomic mass is 32.1. The maximum absolute atomic E-state index is 13.5. The highest BCUT2D eigenvalue weighted by molar-refractivity contribution is 7.10. The molecule has 2 aromatic heterocycles. The summed E-state index contributed by atoms with van der Waals surface area (Å²) < 4.78 is 60.1. The summed E-state index contributed by atoms with van der Waals surface area (Å²) in [5, 5.41) is 1.88. The van der Waals surface area contributed by atoms with Crippen LogP contribution in [-0.4, -0.2) is 27.4 Å². The van der Waals surface area contributed by atoms with Crippen LogP contribution in [0.5, 0.6) is 6.01 Å². The third-order valence-corrected chi connectivity index (χ3v) is 2.86. The van der Waals surface area contributed by atoms with Crippen molar-refractivity contribution in [2.75, 3.05) is 12.4 Å². The first-order valence-corrected chi connectivity index (χ1v) is 6.01. The number of hydrogen-bond donors (Lipinski definition) is 1. The van der Waals surface area contributed by atoms with Crippen LogP contribution in [0.1, 0.15) is 15.9 Å². The summed E-state index contributed by atoms with van der Waals surface area (Å²) in [7, 11) is 1.27. The Morgan fingerprint density at radius 3 is 2.71 bits per heavy atom. The summed E-state index contributed by atoms with van der Waals surface area (Å²) >= 11 is 0.674. The van der Waals surface area contributed by atoms with Crippen molar-refractivity contribution in [3.05, 3.63) is 29.3 Å². The number of hydrogen-bond acceptors (Lipinski definition) is 6. The molecule has 21 heavy (non-hydrogen) atoms. The van der Waals surface area contributed by atoms with Gasteiger partial charge in [-0.2, -0.15) is 22.5 Å². The predicted molar refractivity (Wildman–Crippen MR) is 63.6 cm³/mol. The van der Waals surface area contributed by atoms with Gasteiger partial charge in [-0.25, -0.2) is 4.98 Å². The van der Waals surface area contributed by atoms with Crippen molar-refractivity contribution in [1.29, 1.82) is 0 Å². The number of nitrogens with zero attached hydrogens (tertiary/aromatic N) is 3. The topological polar surface area (TPSA) is 77.0 Å². The normalized spacial score (nSPS) is 11.3. The van der Waals surface area contributed by atoms with Crippen molar-refractivity contribution >= 4 is 22.6 Å². The number of aromatic nitrogens is 3. The lowest BCUT2D eigenvalue weighted by atomic mass is 10.1. The van der Waals surface area contributed by atoms with E-state index in [0.717, 1.165) is 0 Å². The number of carbonyl (C=O) groups excluding carboxylic acids is 1. The van der Waals surface area contributed by atoms with Crippen LogP contribution in [-0.2, 0) is 6.18 Å². The Kier molecular flexibility index (Phi) is 4.02. The average Bonchev–Trinajstić information content (AvgIpc) is 2.84. The smallest absolute Gasteiger partial charge is 0.417 e. The minimum atomic E-state index is -4.89. The molecular weight excluding hydrogens is 316 g/mol. The van der Waals surface area contributed by atoms with Crippen LogP contribution >= 0.6 is 11.5 Å². The fourth-order valence-corrected chi connectivity index (χ4v) is 1.93. The van der Waals surface area contributed by atoms with Gasteiger partial charge in [0, 0.05) is 17.7 Å². The highest BCUT2D eigenvalue weighted by Gasteiger charge is 2.37. The summed E-state index contributed by atoms with van der Waals surface area (Å²) in [6.07, 6.45) is -4.27.